The zero-order valence-corrected chi connectivity index (χ0v) is 5.69. The van der Waals surface area contributed by atoms with Gasteiger partial charge < -0.3 is 0 Å². The van der Waals surface area contributed by atoms with Gasteiger partial charge in [-0.15, -0.1) is 4.48 Å². The first kappa shape index (κ1) is 8.76. The van der Waals surface area contributed by atoms with Crippen molar-refractivity contribution in [3.05, 3.63) is 23.9 Å². The highest BCUT2D eigenvalue weighted by Crippen LogP contribution is 2.27. The standard InChI is InChI=1S/C6H4F4N2/c7-6(8,9)4-2-1-3-5(11-4)12-10/h1-3H,(H,11,12). The number of nitrogens with zero attached hydrogens (tertiary/aromatic N) is 1. The van der Waals surface area contributed by atoms with E-state index in [0.717, 1.165) is 23.7 Å². The molecule has 0 aliphatic rings. The molecule has 0 radical (unpaired) electrons. The number of hydrogen-bond donors (Lipinski definition) is 1. The lowest BCUT2D eigenvalue weighted by Crippen LogP contribution is -2.08. The molecule has 1 aromatic rings. The van der Waals surface area contributed by atoms with Gasteiger partial charge in [0, 0.05) is 0 Å². The maximum absolute atomic E-state index is 11.9. The van der Waals surface area contributed by atoms with Gasteiger partial charge in [0.1, 0.15) is 5.69 Å². The van der Waals surface area contributed by atoms with Crippen LogP contribution in [0.1, 0.15) is 5.69 Å². The molecular weight excluding hydrogens is 176 g/mol. The molecule has 0 aliphatic carbocycles. The molecule has 66 valence electrons. The van der Waals surface area contributed by atoms with Crippen molar-refractivity contribution in [2.75, 3.05) is 5.54 Å². The third-order valence-electron chi connectivity index (χ3n) is 1.14. The quantitative estimate of drug-likeness (QED) is 0.530. The summed E-state index contributed by atoms with van der Waals surface area (Å²) in [6.07, 6.45) is -4.53. The minimum Gasteiger partial charge on any atom is -0.224 e. The van der Waals surface area contributed by atoms with Crippen LogP contribution in [0.2, 0.25) is 0 Å². The largest absolute Gasteiger partial charge is 0.433 e. The molecular formula is C6H4F4N2. The molecule has 2 nitrogen and oxygen atoms in total. The minimum absolute atomic E-state index is 0.454. The third-order valence-corrected chi connectivity index (χ3v) is 1.14. The van der Waals surface area contributed by atoms with Crippen LogP contribution in [-0.2, 0) is 6.18 Å². The number of alkyl halides is 3. The Morgan fingerprint density at radius 2 is 1.92 bits per heavy atom. The van der Waals surface area contributed by atoms with Crippen molar-refractivity contribution >= 4 is 5.82 Å². The SMILES string of the molecule is FNc1cccc(C(F)(F)F)n1. The van der Waals surface area contributed by atoms with Gasteiger partial charge in [0.2, 0.25) is 0 Å². The lowest BCUT2D eigenvalue weighted by atomic mass is 10.3. The first-order valence-electron chi connectivity index (χ1n) is 2.95. The monoisotopic (exact) mass is 180 g/mol. The zero-order chi connectivity index (χ0) is 9.19. The summed E-state index contributed by atoms with van der Waals surface area (Å²) < 4.78 is 47.3. The van der Waals surface area contributed by atoms with Crippen LogP contribution < -0.4 is 5.54 Å². The summed E-state index contributed by atoms with van der Waals surface area (Å²) in [5.74, 6) is -0.454. The van der Waals surface area contributed by atoms with Crippen molar-refractivity contribution < 1.29 is 17.7 Å². The molecule has 0 unspecified atom stereocenters. The summed E-state index contributed by atoms with van der Waals surface area (Å²) in [5, 5.41) is 0. The van der Waals surface area contributed by atoms with Crippen LogP contribution in [0.25, 0.3) is 0 Å². The molecule has 12 heavy (non-hydrogen) atoms. The van der Waals surface area contributed by atoms with Gasteiger partial charge in [-0.1, -0.05) is 6.07 Å². The number of rotatable bonds is 1. The number of aromatic nitrogens is 1. The Morgan fingerprint density at radius 1 is 1.25 bits per heavy atom. The summed E-state index contributed by atoms with van der Waals surface area (Å²) in [6, 6.07) is 2.92. The predicted molar refractivity (Wildman–Crippen MR) is 34.0 cm³/mol. The van der Waals surface area contributed by atoms with Crippen LogP contribution in [0, 0.1) is 0 Å². The van der Waals surface area contributed by atoms with E-state index in [4.69, 9.17) is 0 Å². The number of anilines is 1. The van der Waals surface area contributed by atoms with Crippen LogP contribution in [-0.4, -0.2) is 4.98 Å². The summed E-state index contributed by atoms with van der Waals surface area (Å²) in [7, 11) is 0. The van der Waals surface area contributed by atoms with Crippen molar-refractivity contribution in [1.29, 1.82) is 0 Å². The predicted octanol–water partition coefficient (Wildman–Crippen LogP) is 2.40. The Labute approximate surface area is 65.2 Å². The number of halogens is 4. The highest BCUT2D eigenvalue weighted by molar-refractivity contribution is 5.33. The van der Waals surface area contributed by atoms with Gasteiger partial charge in [0.15, 0.2) is 5.82 Å². The smallest absolute Gasteiger partial charge is 0.224 e. The summed E-state index contributed by atoms with van der Waals surface area (Å²) in [6.45, 7) is 0. The lowest BCUT2D eigenvalue weighted by Gasteiger charge is -2.05. The topological polar surface area (TPSA) is 24.9 Å². The number of hydrogen-bond acceptors (Lipinski definition) is 2. The Bertz CT molecular complexity index is 270. The fraction of sp³-hybridized carbons (Fsp3) is 0.167. The number of pyridine rings is 1. The average molecular weight is 180 g/mol. The normalized spacial score (nSPS) is 11.3. The molecule has 0 bridgehead atoms. The fourth-order valence-electron chi connectivity index (χ4n) is 0.645. The summed E-state index contributed by atoms with van der Waals surface area (Å²) in [4.78, 5) is 2.95. The molecule has 0 fully saturated rings. The second-order valence-corrected chi connectivity index (χ2v) is 2.00. The Kier molecular flexibility index (Phi) is 2.16. The van der Waals surface area contributed by atoms with Crippen molar-refractivity contribution in [2.45, 2.75) is 6.18 Å². The second-order valence-electron chi connectivity index (χ2n) is 2.00. The van der Waals surface area contributed by atoms with Gasteiger partial charge in [-0.3, -0.25) is 0 Å². The molecule has 0 aliphatic heterocycles. The van der Waals surface area contributed by atoms with Crippen LogP contribution in [0.15, 0.2) is 18.2 Å². The molecule has 0 atom stereocenters. The molecule has 0 aromatic carbocycles. The fourth-order valence-corrected chi connectivity index (χ4v) is 0.645. The Balaban J connectivity index is 3.02. The summed E-state index contributed by atoms with van der Waals surface area (Å²) >= 11 is 0. The van der Waals surface area contributed by atoms with Gasteiger partial charge in [0.05, 0.1) is 0 Å². The molecule has 1 heterocycles. The van der Waals surface area contributed by atoms with Crippen LogP contribution in [0.3, 0.4) is 0 Å². The highest BCUT2D eigenvalue weighted by atomic mass is 19.4. The van der Waals surface area contributed by atoms with E-state index < -0.39 is 17.7 Å². The molecule has 6 heteroatoms. The van der Waals surface area contributed by atoms with E-state index in [9.17, 15) is 17.7 Å². The van der Waals surface area contributed by atoms with E-state index in [2.05, 4.69) is 4.98 Å². The van der Waals surface area contributed by atoms with E-state index >= 15 is 0 Å². The molecule has 1 aromatic heterocycles. The first-order chi connectivity index (χ1) is 5.54. The zero-order valence-electron chi connectivity index (χ0n) is 5.69. The van der Waals surface area contributed by atoms with E-state index in [1.54, 1.807) is 0 Å². The second kappa shape index (κ2) is 2.96. The van der Waals surface area contributed by atoms with Crippen molar-refractivity contribution in [3.63, 3.8) is 0 Å². The summed E-state index contributed by atoms with van der Waals surface area (Å²) in [5.41, 5.74) is -0.0919. The minimum atomic E-state index is -4.53. The maximum atomic E-state index is 11.9. The Morgan fingerprint density at radius 3 is 2.42 bits per heavy atom. The molecule has 1 rings (SSSR count). The van der Waals surface area contributed by atoms with Crippen LogP contribution in [0.5, 0.6) is 0 Å². The molecule has 0 spiro atoms. The maximum Gasteiger partial charge on any atom is 0.433 e. The third kappa shape index (κ3) is 1.84. The average Bonchev–Trinajstić information content (AvgIpc) is 2.03. The van der Waals surface area contributed by atoms with Gasteiger partial charge in [-0.2, -0.15) is 13.2 Å². The lowest BCUT2D eigenvalue weighted by molar-refractivity contribution is -0.141. The van der Waals surface area contributed by atoms with Crippen molar-refractivity contribution in [1.82, 2.24) is 4.98 Å². The van der Waals surface area contributed by atoms with E-state index in [0.29, 0.717) is 0 Å². The van der Waals surface area contributed by atoms with Crippen LogP contribution in [0.4, 0.5) is 23.5 Å². The first-order valence-corrected chi connectivity index (χ1v) is 2.95. The van der Waals surface area contributed by atoms with Crippen molar-refractivity contribution in [2.24, 2.45) is 0 Å². The molecule has 0 saturated carbocycles. The highest BCUT2D eigenvalue weighted by Gasteiger charge is 2.32. The van der Waals surface area contributed by atoms with Gasteiger partial charge in [0.25, 0.3) is 0 Å². The van der Waals surface area contributed by atoms with Gasteiger partial charge in [-0.25, -0.2) is 10.5 Å². The molecule has 0 amide bonds. The molecule has 1 N–H and O–H groups in total. The Hall–Kier alpha value is -1.33. The van der Waals surface area contributed by atoms with E-state index in [1.165, 1.54) is 0 Å². The number of nitrogens with one attached hydrogen (secondary N) is 1. The van der Waals surface area contributed by atoms with Crippen LogP contribution >= 0.6 is 0 Å². The molecule has 0 saturated heterocycles. The van der Waals surface area contributed by atoms with Gasteiger partial charge in [-0.05, 0) is 12.1 Å². The van der Waals surface area contributed by atoms with Gasteiger partial charge >= 0.3 is 6.18 Å². The van der Waals surface area contributed by atoms with Crippen molar-refractivity contribution in [3.8, 4) is 0 Å². The van der Waals surface area contributed by atoms with E-state index in [1.807, 2.05) is 0 Å². The van der Waals surface area contributed by atoms with E-state index in [-0.39, 0.29) is 0 Å².